The minimum absolute atomic E-state index is 0.0562. The minimum Gasteiger partial charge on any atom is -0.347 e. The third kappa shape index (κ3) is 2.75. The van der Waals surface area contributed by atoms with Gasteiger partial charge in [0.1, 0.15) is 0 Å². The van der Waals surface area contributed by atoms with Gasteiger partial charge in [0.15, 0.2) is 0 Å². The standard InChI is InChI=1S/C11H15ClN2OS/c12-10-6-5-9(16-10)11(15)14-8-4-2-1-3-7(8)13/h5-8H,1-4,13H2,(H,14,15). The molecule has 3 nitrogen and oxygen atoms in total. The predicted octanol–water partition coefficient (Wildman–Crippen LogP) is 2.40. The van der Waals surface area contributed by atoms with E-state index >= 15 is 0 Å². The number of carbonyl (C=O) groups excluding carboxylic acids is 1. The van der Waals surface area contributed by atoms with Crippen LogP contribution >= 0.6 is 22.9 Å². The van der Waals surface area contributed by atoms with E-state index in [4.69, 9.17) is 17.3 Å². The van der Waals surface area contributed by atoms with Crippen LogP contribution in [0, 0.1) is 0 Å². The normalized spacial score (nSPS) is 25.4. The van der Waals surface area contributed by atoms with Gasteiger partial charge in [-0.25, -0.2) is 0 Å². The van der Waals surface area contributed by atoms with E-state index < -0.39 is 0 Å². The second-order valence-corrected chi connectivity index (χ2v) is 5.85. The Morgan fingerprint density at radius 3 is 2.81 bits per heavy atom. The zero-order valence-electron chi connectivity index (χ0n) is 8.91. The highest BCUT2D eigenvalue weighted by Gasteiger charge is 2.24. The quantitative estimate of drug-likeness (QED) is 0.856. The van der Waals surface area contributed by atoms with Gasteiger partial charge in [0, 0.05) is 12.1 Å². The molecule has 16 heavy (non-hydrogen) atoms. The zero-order valence-corrected chi connectivity index (χ0v) is 10.5. The van der Waals surface area contributed by atoms with Crippen molar-refractivity contribution in [2.24, 2.45) is 5.73 Å². The molecule has 1 aromatic heterocycles. The van der Waals surface area contributed by atoms with Crippen LogP contribution in [-0.4, -0.2) is 18.0 Å². The molecule has 1 heterocycles. The van der Waals surface area contributed by atoms with Crippen molar-refractivity contribution in [3.8, 4) is 0 Å². The van der Waals surface area contributed by atoms with Crippen LogP contribution in [0.5, 0.6) is 0 Å². The van der Waals surface area contributed by atoms with Gasteiger partial charge in [0.25, 0.3) is 5.91 Å². The number of hydrogen-bond acceptors (Lipinski definition) is 3. The van der Waals surface area contributed by atoms with Crippen LogP contribution in [0.1, 0.15) is 35.4 Å². The lowest BCUT2D eigenvalue weighted by molar-refractivity contribution is 0.0925. The van der Waals surface area contributed by atoms with Gasteiger partial charge in [-0.1, -0.05) is 24.4 Å². The number of hydrogen-bond donors (Lipinski definition) is 2. The molecule has 1 amide bonds. The highest BCUT2D eigenvalue weighted by molar-refractivity contribution is 7.17. The average Bonchev–Trinajstić information content (AvgIpc) is 2.68. The van der Waals surface area contributed by atoms with Crippen molar-refractivity contribution < 1.29 is 4.79 Å². The topological polar surface area (TPSA) is 55.1 Å². The van der Waals surface area contributed by atoms with Gasteiger partial charge in [0.05, 0.1) is 9.21 Å². The summed E-state index contributed by atoms with van der Waals surface area (Å²) < 4.78 is 0.637. The number of amides is 1. The third-order valence-electron chi connectivity index (χ3n) is 2.93. The summed E-state index contributed by atoms with van der Waals surface area (Å²) in [6.45, 7) is 0. The van der Waals surface area contributed by atoms with Crippen molar-refractivity contribution in [3.63, 3.8) is 0 Å². The molecule has 0 aromatic carbocycles. The molecule has 0 spiro atoms. The lowest BCUT2D eigenvalue weighted by atomic mass is 9.91. The van der Waals surface area contributed by atoms with E-state index in [0.29, 0.717) is 9.21 Å². The zero-order chi connectivity index (χ0) is 11.5. The lowest BCUT2D eigenvalue weighted by Gasteiger charge is -2.29. The summed E-state index contributed by atoms with van der Waals surface area (Å²) in [7, 11) is 0. The SMILES string of the molecule is NC1CCCCC1NC(=O)c1ccc(Cl)s1. The van der Waals surface area contributed by atoms with Gasteiger partial charge in [-0.3, -0.25) is 4.79 Å². The molecule has 0 bridgehead atoms. The minimum atomic E-state index is -0.0562. The molecule has 1 saturated carbocycles. The Morgan fingerprint density at radius 2 is 2.19 bits per heavy atom. The molecule has 1 fully saturated rings. The Balaban J connectivity index is 1.96. The Kier molecular flexibility index (Phi) is 3.84. The fourth-order valence-electron chi connectivity index (χ4n) is 2.01. The number of thiophene rings is 1. The van der Waals surface area contributed by atoms with E-state index in [-0.39, 0.29) is 18.0 Å². The molecule has 2 atom stereocenters. The molecule has 1 aliphatic carbocycles. The second kappa shape index (κ2) is 5.17. The maximum absolute atomic E-state index is 11.9. The molecule has 5 heteroatoms. The highest BCUT2D eigenvalue weighted by Crippen LogP contribution is 2.22. The Hall–Kier alpha value is -0.580. The largest absolute Gasteiger partial charge is 0.347 e. The molecule has 2 unspecified atom stereocenters. The van der Waals surface area contributed by atoms with Crippen LogP contribution in [0.4, 0.5) is 0 Å². The summed E-state index contributed by atoms with van der Waals surface area (Å²) in [5.41, 5.74) is 5.97. The predicted molar refractivity (Wildman–Crippen MR) is 67.0 cm³/mol. The molecule has 1 aliphatic rings. The summed E-state index contributed by atoms with van der Waals surface area (Å²) in [6, 6.07) is 3.69. The molecule has 0 aliphatic heterocycles. The van der Waals surface area contributed by atoms with E-state index in [1.54, 1.807) is 12.1 Å². The Labute approximate surface area is 104 Å². The maximum Gasteiger partial charge on any atom is 0.261 e. The molecule has 0 radical (unpaired) electrons. The van der Waals surface area contributed by atoms with Gasteiger partial charge in [-0.05, 0) is 25.0 Å². The van der Waals surface area contributed by atoms with Crippen LogP contribution in [0.15, 0.2) is 12.1 Å². The van der Waals surface area contributed by atoms with Crippen LogP contribution in [0.25, 0.3) is 0 Å². The number of nitrogens with one attached hydrogen (secondary N) is 1. The van der Waals surface area contributed by atoms with E-state index in [1.165, 1.54) is 17.8 Å². The average molecular weight is 259 g/mol. The summed E-state index contributed by atoms with van der Waals surface area (Å²) in [5, 5.41) is 2.99. The van der Waals surface area contributed by atoms with Gasteiger partial charge >= 0.3 is 0 Å². The lowest BCUT2D eigenvalue weighted by Crippen LogP contribution is -2.49. The molecule has 3 N–H and O–H groups in total. The monoisotopic (exact) mass is 258 g/mol. The number of rotatable bonds is 2. The first-order valence-corrected chi connectivity index (χ1v) is 6.68. The van der Waals surface area contributed by atoms with E-state index in [9.17, 15) is 4.79 Å². The molecule has 1 aromatic rings. The first kappa shape index (κ1) is 11.9. The van der Waals surface area contributed by atoms with Crippen molar-refractivity contribution in [1.82, 2.24) is 5.32 Å². The maximum atomic E-state index is 11.9. The molecule has 2 rings (SSSR count). The van der Waals surface area contributed by atoms with Crippen LogP contribution < -0.4 is 11.1 Å². The van der Waals surface area contributed by atoms with Gasteiger partial charge in [0.2, 0.25) is 0 Å². The third-order valence-corrected chi connectivity index (χ3v) is 4.16. The van der Waals surface area contributed by atoms with E-state index in [0.717, 1.165) is 19.3 Å². The highest BCUT2D eigenvalue weighted by atomic mass is 35.5. The van der Waals surface area contributed by atoms with Crippen LogP contribution in [-0.2, 0) is 0 Å². The van der Waals surface area contributed by atoms with Crippen molar-refractivity contribution in [2.75, 3.05) is 0 Å². The van der Waals surface area contributed by atoms with Crippen molar-refractivity contribution in [1.29, 1.82) is 0 Å². The molecule has 0 saturated heterocycles. The van der Waals surface area contributed by atoms with Gasteiger partial charge in [-0.2, -0.15) is 0 Å². The van der Waals surface area contributed by atoms with Gasteiger partial charge < -0.3 is 11.1 Å². The summed E-state index contributed by atoms with van der Waals surface area (Å²) in [6.07, 6.45) is 4.28. The molecule has 88 valence electrons. The van der Waals surface area contributed by atoms with Gasteiger partial charge in [-0.15, -0.1) is 11.3 Å². The number of halogens is 1. The molecular weight excluding hydrogens is 244 g/mol. The van der Waals surface area contributed by atoms with Crippen molar-refractivity contribution in [3.05, 3.63) is 21.3 Å². The summed E-state index contributed by atoms with van der Waals surface area (Å²) >= 11 is 7.09. The van der Waals surface area contributed by atoms with E-state index in [2.05, 4.69) is 5.32 Å². The Morgan fingerprint density at radius 1 is 1.44 bits per heavy atom. The second-order valence-electron chi connectivity index (χ2n) is 4.13. The fraction of sp³-hybridized carbons (Fsp3) is 0.545. The van der Waals surface area contributed by atoms with Crippen molar-refractivity contribution >= 4 is 28.8 Å². The fourth-order valence-corrected chi connectivity index (χ4v) is 2.96. The van der Waals surface area contributed by atoms with E-state index in [1.807, 2.05) is 0 Å². The first-order valence-electron chi connectivity index (χ1n) is 5.48. The first-order chi connectivity index (χ1) is 7.66. The summed E-state index contributed by atoms with van der Waals surface area (Å²) in [5.74, 6) is -0.0562. The van der Waals surface area contributed by atoms with Crippen molar-refractivity contribution in [2.45, 2.75) is 37.8 Å². The number of carbonyl (C=O) groups is 1. The number of nitrogens with two attached hydrogens (primary N) is 1. The van der Waals surface area contributed by atoms with Crippen LogP contribution in [0.2, 0.25) is 4.34 Å². The summed E-state index contributed by atoms with van der Waals surface area (Å²) in [4.78, 5) is 12.5. The molecular formula is C11H15ClN2OS. The Bertz CT molecular complexity index is 380. The van der Waals surface area contributed by atoms with Crippen LogP contribution in [0.3, 0.4) is 0 Å². The smallest absolute Gasteiger partial charge is 0.261 e.